The Morgan fingerprint density at radius 1 is 1.57 bits per heavy atom. The van der Waals surface area contributed by atoms with Crippen LogP contribution in [0.2, 0.25) is 0 Å². The highest BCUT2D eigenvalue weighted by atomic mass is 32.2. The van der Waals surface area contributed by atoms with E-state index in [9.17, 15) is 0 Å². The molecule has 0 aromatic carbocycles. The van der Waals surface area contributed by atoms with Crippen LogP contribution < -0.4 is 16.6 Å². The number of rotatable bonds is 4. The van der Waals surface area contributed by atoms with Crippen LogP contribution in [0.3, 0.4) is 0 Å². The van der Waals surface area contributed by atoms with E-state index in [0.717, 1.165) is 12.5 Å². The molecule has 0 aromatic heterocycles. The molecule has 0 aliphatic heterocycles. The fourth-order valence-corrected chi connectivity index (χ4v) is 2.05. The van der Waals surface area contributed by atoms with Crippen LogP contribution in [0.25, 0.3) is 0 Å². The Bertz CT molecular complexity index is 233. The van der Waals surface area contributed by atoms with Gasteiger partial charge in [0.1, 0.15) is 0 Å². The van der Waals surface area contributed by atoms with Crippen molar-refractivity contribution in [1.29, 1.82) is 0 Å². The zero-order valence-corrected chi connectivity index (χ0v) is 9.36. The van der Waals surface area contributed by atoms with Gasteiger partial charge in [-0.15, -0.1) is 0 Å². The lowest BCUT2D eigenvalue weighted by atomic mass is 10.4. The van der Waals surface area contributed by atoms with Crippen LogP contribution in [-0.2, 0) is 0 Å². The van der Waals surface area contributed by atoms with E-state index < -0.39 is 0 Å². The molecule has 0 radical (unpaired) electrons. The molecule has 2 rings (SSSR count). The quantitative estimate of drug-likeness (QED) is 0.275. The maximum Gasteiger partial charge on any atom is 0.205 e. The second-order valence-electron chi connectivity index (χ2n) is 4.11. The van der Waals surface area contributed by atoms with Crippen molar-refractivity contribution in [2.24, 2.45) is 10.8 Å². The van der Waals surface area contributed by atoms with Gasteiger partial charge >= 0.3 is 0 Å². The third kappa shape index (κ3) is 2.54. The number of hydrazine groups is 1. The molecule has 0 amide bonds. The minimum absolute atomic E-state index is 0.424. The molecular weight excluding hydrogens is 196 g/mol. The normalized spacial score (nSPS) is 24.6. The van der Waals surface area contributed by atoms with Gasteiger partial charge in [0, 0.05) is 10.8 Å². The average molecular weight is 214 g/mol. The van der Waals surface area contributed by atoms with Gasteiger partial charge in [0.15, 0.2) is 0 Å². The van der Waals surface area contributed by atoms with Gasteiger partial charge in [0.25, 0.3) is 0 Å². The van der Waals surface area contributed by atoms with Crippen molar-refractivity contribution < 1.29 is 0 Å². The highest BCUT2D eigenvalue weighted by Crippen LogP contribution is 2.47. The van der Waals surface area contributed by atoms with Crippen molar-refractivity contribution in [3.8, 4) is 0 Å². The summed E-state index contributed by atoms with van der Waals surface area (Å²) in [5, 5.41) is 3.27. The van der Waals surface area contributed by atoms with Crippen molar-refractivity contribution >= 4 is 17.7 Å². The molecule has 0 spiro atoms. The van der Waals surface area contributed by atoms with Gasteiger partial charge in [-0.2, -0.15) is 11.8 Å². The van der Waals surface area contributed by atoms with Crippen molar-refractivity contribution in [3.05, 3.63) is 0 Å². The van der Waals surface area contributed by atoms with E-state index in [1.165, 1.54) is 25.7 Å². The van der Waals surface area contributed by atoms with Crippen LogP contribution in [0, 0.1) is 0 Å². The fraction of sp³-hybridized carbons (Fsp3) is 0.889. The second kappa shape index (κ2) is 3.98. The monoisotopic (exact) mass is 214 g/mol. The molecule has 2 aliphatic carbocycles. The van der Waals surface area contributed by atoms with Gasteiger partial charge in [-0.3, -0.25) is 10.4 Å². The van der Waals surface area contributed by atoms with Crippen LogP contribution in [-0.4, -0.2) is 29.5 Å². The zero-order chi connectivity index (χ0) is 10.0. The summed E-state index contributed by atoms with van der Waals surface area (Å²) in [6, 6.07) is 0.606. The van der Waals surface area contributed by atoms with Crippen LogP contribution in [0.5, 0.6) is 0 Å². The molecule has 0 unspecified atom stereocenters. The smallest absolute Gasteiger partial charge is 0.205 e. The van der Waals surface area contributed by atoms with Crippen LogP contribution >= 0.6 is 11.8 Å². The standard InChI is InChI=1S/C9H18N4S/c1-14-9(4-5-9)6-11-8(13-10)12-7-2-3-7/h7H,2-6,10H2,1H3,(H2,11,12,13). The van der Waals surface area contributed by atoms with E-state index in [2.05, 4.69) is 22.0 Å². The molecule has 0 bridgehead atoms. The van der Waals surface area contributed by atoms with Crippen molar-refractivity contribution in [3.63, 3.8) is 0 Å². The maximum absolute atomic E-state index is 5.39. The first kappa shape index (κ1) is 10.1. The largest absolute Gasteiger partial charge is 0.353 e. The summed E-state index contributed by atoms with van der Waals surface area (Å²) >= 11 is 1.92. The molecule has 0 atom stereocenters. The van der Waals surface area contributed by atoms with Gasteiger partial charge in [-0.1, -0.05) is 0 Å². The van der Waals surface area contributed by atoms with Crippen LogP contribution in [0.15, 0.2) is 4.99 Å². The number of nitrogens with two attached hydrogens (primary N) is 1. The van der Waals surface area contributed by atoms with Crippen LogP contribution in [0.4, 0.5) is 0 Å². The Morgan fingerprint density at radius 3 is 2.71 bits per heavy atom. The number of thioether (sulfide) groups is 1. The fourth-order valence-electron chi connectivity index (χ4n) is 1.34. The summed E-state index contributed by atoms with van der Waals surface area (Å²) < 4.78 is 0.424. The van der Waals surface area contributed by atoms with Crippen molar-refractivity contribution in [1.82, 2.24) is 10.7 Å². The SMILES string of the molecule is CSC1(CN=C(NN)NC2CC2)CC1. The molecule has 80 valence electrons. The summed E-state index contributed by atoms with van der Waals surface area (Å²) in [5.74, 6) is 6.15. The third-order valence-electron chi connectivity index (χ3n) is 2.82. The lowest BCUT2D eigenvalue weighted by Gasteiger charge is -2.11. The molecule has 4 N–H and O–H groups in total. The predicted molar refractivity (Wildman–Crippen MR) is 61.3 cm³/mol. The number of nitrogens with one attached hydrogen (secondary N) is 2. The molecule has 0 heterocycles. The Labute approximate surface area is 89.1 Å². The summed E-state index contributed by atoms with van der Waals surface area (Å²) in [6.07, 6.45) is 7.23. The lowest BCUT2D eigenvalue weighted by Crippen LogP contribution is -2.43. The Morgan fingerprint density at radius 2 is 2.29 bits per heavy atom. The summed E-state index contributed by atoms with van der Waals surface area (Å²) in [4.78, 5) is 4.48. The molecular formula is C9H18N4S. The summed E-state index contributed by atoms with van der Waals surface area (Å²) in [6.45, 7) is 0.882. The summed E-state index contributed by atoms with van der Waals surface area (Å²) in [7, 11) is 0. The number of aliphatic imine (C=N–C) groups is 1. The van der Waals surface area contributed by atoms with Crippen molar-refractivity contribution in [2.45, 2.75) is 36.5 Å². The third-order valence-corrected chi connectivity index (χ3v) is 4.22. The summed E-state index contributed by atoms with van der Waals surface area (Å²) in [5.41, 5.74) is 2.63. The molecule has 2 saturated carbocycles. The minimum atomic E-state index is 0.424. The highest BCUT2D eigenvalue weighted by molar-refractivity contribution is 8.00. The molecule has 4 nitrogen and oxygen atoms in total. The average Bonchev–Trinajstić information content (AvgIpc) is 3.08. The van der Waals surface area contributed by atoms with Crippen LogP contribution in [0.1, 0.15) is 25.7 Å². The number of guanidine groups is 1. The first-order chi connectivity index (χ1) is 6.78. The van der Waals surface area contributed by atoms with E-state index in [1.807, 2.05) is 11.8 Å². The van der Waals surface area contributed by atoms with Gasteiger partial charge in [-0.25, -0.2) is 5.84 Å². The van der Waals surface area contributed by atoms with E-state index in [-0.39, 0.29) is 0 Å². The Balaban J connectivity index is 1.80. The van der Waals surface area contributed by atoms with Gasteiger partial charge < -0.3 is 5.32 Å². The Kier molecular flexibility index (Phi) is 2.88. The molecule has 5 heteroatoms. The maximum atomic E-state index is 5.39. The van der Waals surface area contributed by atoms with E-state index in [0.29, 0.717) is 10.8 Å². The molecule has 0 saturated heterocycles. The van der Waals surface area contributed by atoms with Crippen molar-refractivity contribution in [2.75, 3.05) is 12.8 Å². The van der Waals surface area contributed by atoms with E-state index >= 15 is 0 Å². The number of hydrogen-bond acceptors (Lipinski definition) is 3. The van der Waals surface area contributed by atoms with Gasteiger partial charge in [0.05, 0.1) is 6.54 Å². The lowest BCUT2D eigenvalue weighted by molar-refractivity contribution is 0.805. The minimum Gasteiger partial charge on any atom is -0.353 e. The van der Waals surface area contributed by atoms with E-state index in [4.69, 9.17) is 5.84 Å². The first-order valence-corrected chi connectivity index (χ1v) is 6.33. The predicted octanol–water partition coefficient (Wildman–Crippen LogP) is 0.453. The first-order valence-electron chi connectivity index (χ1n) is 5.11. The molecule has 2 aliphatic rings. The molecule has 0 aromatic rings. The molecule has 14 heavy (non-hydrogen) atoms. The highest BCUT2D eigenvalue weighted by Gasteiger charge is 2.41. The van der Waals surface area contributed by atoms with E-state index in [1.54, 1.807) is 0 Å². The second-order valence-corrected chi connectivity index (χ2v) is 5.39. The number of hydrogen-bond donors (Lipinski definition) is 3. The van der Waals surface area contributed by atoms with Gasteiger partial charge in [-0.05, 0) is 31.9 Å². The zero-order valence-electron chi connectivity index (χ0n) is 8.55. The molecule has 2 fully saturated rings. The topological polar surface area (TPSA) is 62.4 Å². The Hall–Kier alpha value is -0.420. The number of nitrogens with zero attached hydrogens (tertiary/aromatic N) is 1. The van der Waals surface area contributed by atoms with Gasteiger partial charge in [0.2, 0.25) is 5.96 Å².